The van der Waals surface area contributed by atoms with Crippen LogP contribution in [0.3, 0.4) is 0 Å². The van der Waals surface area contributed by atoms with Crippen LogP contribution in [0.25, 0.3) is 0 Å². The van der Waals surface area contributed by atoms with Crippen molar-refractivity contribution in [2.24, 2.45) is 0 Å². The van der Waals surface area contributed by atoms with E-state index in [-0.39, 0.29) is 0 Å². The Morgan fingerprint density at radius 3 is 2.30 bits per heavy atom. The van der Waals surface area contributed by atoms with E-state index in [1.165, 1.54) is 0 Å². The van der Waals surface area contributed by atoms with E-state index in [1.807, 2.05) is 13.0 Å². The van der Waals surface area contributed by atoms with Crippen LogP contribution in [0.15, 0.2) is 24.2 Å². The van der Waals surface area contributed by atoms with Crippen molar-refractivity contribution in [3.63, 3.8) is 0 Å². The van der Waals surface area contributed by atoms with E-state index in [0.717, 1.165) is 6.42 Å². The molecule has 2 nitrogen and oxygen atoms in total. The Bertz CT molecular complexity index is 136. The fraction of sp³-hybridized carbons (Fsp3) is 0.500. The topological polar surface area (TPSA) is 18.5 Å². The van der Waals surface area contributed by atoms with Gasteiger partial charge in [-0.15, -0.1) is 0 Å². The fourth-order valence-corrected chi connectivity index (χ4v) is 0.597. The monoisotopic (exact) mass is 142 g/mol. The zero-order valence-electron chi connectivity index (χ0n) is 6.81. The molecule has 0 spiro atoms. The molecule has 0 bridgehead atoms. The summed E-state index contributed by atoms with van der Waals surface area (Å²) in [6, 6.07) is 0. The number of rotatable bonds is 4. The molecule has 2 heteroatoms. The average molecular weight is 142 g/mol. The molecular formula is C8H14O2. The minimum atomic E-state index is 0.573. The highest BCUT2D eigenvalue weighted by Crippen LogP contribution is 2.08. The minimum absolute atomic E-state index is 0.573. The Hall–Kier alpha value is -0.920. The molecule has 0 aliphatic carbocycles. The molecule has 0 fully saturated rings. The lowest BCUT2D eigenvalue weighted by Crippen LogP contribution is -1.92. The number of methoxy groups -OCH3 is 2. The fourth-order valence-electron chi connectivity index (χ4n) is 0.597. The van der Waals surface area contributed by atoms with Crippen LogP contribution < -0.4 is 0 Å². The van der Waals surface area contributed by atoms with Crippen LogP contribution in [0.4, 0.5) is 0 Å². The Kier molecular flexibility index (Phi) is 4.46. The third-order valence-electron chi connectivity index (χ3n) is 1.13. The second-order valence-corrected chi connectivity index (χ2v) is 1.81. The smallest absolute Gasteiger partial charge is 0.156 e. The molecule has 0 radical (unpaired) electrons. The largest absolute Gasteiger partial charge is 0.494 e. The minimum Gasteiger partial charge on any atom is -0.494 e. The normalized spacial score (nSPS) is 10.9. The lowest BCUT2D eigenvalue weighted by Gasteiger charge is -2.06. The standard InChI is InChI=1S/C8H14O2/c1-5-6-8(10-4)7(2)9-3/h6H,2,5H2,1,3-4H3/b8-6+. The lowest BCUT2D eigenvalue weighted by atomic mass is 10.3. The van der Waals surface area contributed by atoms with E-state index in [4.69, 9.17) is 9.47 Å². The summed E-state index contributed by atoms with van der Waals surface area (Å²) in [5.74, 6) is 1.29. The SMILES string of the molecule is C=C(OC)/C(=C\CC)OC. The van der Waals surface area contributed by atoms with Gasteiger partial charge in [-0.3, -0.25) is 0 Å². The summed E-state index contributed by atoms with van der Waals surface area (Å²) in [6.45, 7) is 5.68. The molecule has 0 saturated heterocycles. The zero-order chi connectivity index (χ0) is 7.98. The van der Waals surface area contributed by atoms with E-state index in [1.54, 1.807) is 14.2 Å². The molecule has 0 aliphatic heterocycles. The van der Waals surface area contributed by atoms with Crippen LogP contribution in [-0.2, 0) is 9.47 Å². The van der Waals surface area contributed by atoms with Crippen LogP contribution in [0.2, 0.25) is 0 Å². The zero-order valence-corrected chi connectivity index (χ0v) is 6.81. The van der Waals surface area contributed by atoms with E-state index in [2.05, 4.69) is 6.58 Å². The van der Waals surface area contributed by atoms with Crippen molar-refractivity contribution in [2.75, 3.05) is 14.2 Å². The number of hydrogen-bond acceptors (Lipinski definition) is 2. The van der Waals surface area contributed by atoms with Crippen LogP contribution in [0, 0.1) is 0 Å². The van der Waals surface area contributed by atoms with Gasteiger partial charge in [-0.05, 0) is 12.5 Å². The molecule has 0 aromatic heterocycles. The van der Waals surface area contributed by atoms with Gasteiger partial charge in [0.15, 0.2) is 11.5 Å². The van der Waals surface area contributed by atoms with Crippen molar-refractivity contribution >= 4 is 0 Å². The molecule has 0 saturated carbocycles. The van der Waals surface area contributed by atoms with Gasteiger partial charge in [0.2, 0.25) is 0 Å². The van der Waals surface area contributed by atoms with Crippen molar-refractivity contribution in [2.45, 2.75) is 13.3 Å². The van der Waals surface area contributed by atoms with Crippen LogP contribution >= 0.6 is 0 Å². The van der Waals surface area contributed by atoms with Gasteiger partial charge in [0, 0.05) is 0 Å². The summed E-state index contributed by atoms with van der Waals surface area (Å²) in [4.78, 5) is 0. The third-order valence-corrected chi connectivity index (χ3v) is 1.13. The van der Waals surface area contributed by atoms with Gasteiger partial charge < -0.3 is 9.47 Å². The van der Waals surface area contributed by atoms with Gasteiger partial charge in [0.1, 0.15) is 0 Å². The first-order valence-electron chi connectivity index (χ1n) is 3.23. The van der Waals surface area contributed by atoms with Crippen molar-refractivity contribution in [1.82, 2.24) is 0 Å². The number of ether oxygens (including phenoxy) is 2. The Morgan fingerprint density at radius 1 is 1.40 bits per heavy atom. The molecule has 0 aromatic carbocycles. The second kappa shape index (κ2) is 4.91. The summed E-state index contributed by atoms with van der Waals surface area (Å²) in [5.41, 5.74) is 0. The number of hydrogen-bond donors (Lipinski definition) is 0. The Balaban J connectivity index is 4.06. The molecule has 0 amide bonds. The summed E-state index contributed by atoms with van der Waals surface area (Å²) >= 11 is 0. The summed E-state index contributed by atoms with van der Waals surface area (Å²) in [6.07, 6.45) is 2.84. The molecule has 0 N–H and O–H groups in total. The first kappa shape index (κ1) is 9.08. The van der Waals surface area contributed by atoms with E-state index in [9.17, 15) is 0 Å². The molecule has 0 heterocycles. The maximum atomic E-state index is 4.98. The maximum absolute atomic E-state index is 4.98. The van der Waals surface area contributed by atoms with Crippen molar-refractivity contribution in [1.29, 1.82) is 0 Å². The average Bonchev–Trinajstić information content (AvgIpc) is 1.99. The summed E-state index contributed by atoms with van der Waals surface area (Å²) in [7, 11) is 3.18. The molecule has 0 unspecified atom stereocenters. The predicted molar refractivity (Wildman–Crippen MR) is 41.5 cm³/mol. The van der Waals surface area contributed by atoms with Gasteiger partial charge in [-0.25, -0.2) is 0 Å². The molecule has 10 heavy (non-hydrogen) atoms. The highest BCUT2D eigenvalue weighted by Gasteiger charge is 1.98. The predicted octanol–water partition coefficient (Wildman–Crippen LogP) is 2.09. The Morgan fingerprint density at radius 2 is 2.00 bits per heavy atom. The molecule has 58 valence electrons. The summed E-state index contributed by atoms with van der Waals surface area (Å²) < 4.78 is 9.85. The molecule has 0 aromatic rings. The molecule has 0 rings (SSSR count). The molecular weight excluding hydrogens is 128 g/mol. The lowest BCUT2D eigenvalue weighted by molar-refractivity contribution is 0.220. The van der Waals surface area contributed by atoms with Gasteiger partial charge >= 0.3 is 0 Å². The van der Waals surface area contributed by atoms with E-state index in [0.29, 0.717) is 11.5 Å². The van der Waals surface area contributed by atoms with E-state index < -0.39 is 0 Å². The maximum Gasteiger partial charge on any atom is 0.156 e. The second-order valence-electron chi connectivity index (χ2n) is 1.81. The highest BCUT2D eigenvalue weighted by molar-refractivity contribution is 5.15. The summed E-state index contributed by atoms with van der Waals surface area (Å²) in [5, 5.41) is 0. The third kappa shape index (κ3) is 2.58. The van der Waals surface area contributed by atoms with Crippen LogP contribution in [-0.4, -0.2) is 14.2 Å². The van der Waals surface area contributed by atoms with Crippen molar-refractivity contribution in [3.8, 4) is 0 Å². The molecule has 0 atom stereocenters. The van der Waals surface area contributed by atoms with Gasteiger partial charge in [0.05, 0.1) is 14.2 Å². The van der Waals surface area contributed by atoms with E-state index >= 15 is 0 Å². The van der Waals surface area contributed by atoms with Gasteiger partial charge in [0.25, 0.3) is 0 Å². The highest BCUT2D eigenvalue weighted by atomic mass is 16.5. The van der Waals surface area contributed by atoms with Gasteiger partial charge in [-0.1, -0.05) is 13.5 Å². The van der Waals surface area contributed by atoms with Gasteiger partial charge in [-0.2, -0.15) is 0 Å². The first-order chi connectivity index (χ1) is 4.76. The van der Waals surface area contributed by atoms with Crippen molar-refractivity contribution in [3.05, 3.63) is 24.2 Å². The van der Waals surface area contributed by atoms with Crippen LogP contribution in [0.1, 0.15) is 13.3 Å². The quantitative estimate of drug-likeness (QED) is 0.442. The Labute approximate surface area is 62.1 Å². The first-order valence-corrected chi connectivity index (χ1v) is 3.23. The van der Waals surface area contributed by atoms with Crippen LogP contribution in [0.5, 0.6) is 0 Å². The number of allylic oxidation sites excluding steroid dienone is 1. The van der Waals surface area contributed by atoms with Crippen molar-refractivity contribution < 1.29 is 9.47 Å². The molecule has 0 aliphatic rings.